The highest BCUT2D eigenvalue weighted by molar-refractivity contribution is 5.57. The van der Waals surface area contributed by atoms with Crippen LogP contribution in [0.25, 0.3) is 11.4 Å². The highest BCUT2D eigenvalue weighted by Gasteiger charge is 2.10. The zero-order valence-corrected chi connectivity index (χ0v) is 8.73. The second-order valence-corrected chi connectivity index (χ2v) is 3.52. The summed E-state index contributed by atoms with van der Waals surface area (Å²) in [5.74, 6) is 1.33. The predicted octanol–water partition coefficient (Wildman–Crippen LogP) is 1.19. The molecule has 5 nitrogen and oxygen atoms in total. The van der Waals surface area contributed by atoms with Gasteiger partial charge in [-0.25, -0.2) is 4.98 Å². The summed E-state index contributed by atoms with van der Waals surface area (Å²) < 4.78 is 0. The number of aryl methyl sites for hydroxylation is 1. The molecule has 1 atom stereocenters. The Bertz CT molecular complexity index is 460. The normalized spacial score (nSPS) is 12.7. The van der Waals surface area contributed by atoms with Crippen LogP contribution in [0.1, 0.15) is 24.4 Å². The van der Waals surface area contributed by atoms with Gasteiger partial charge >= 0.3 is 0 Å². The van der Waals surface area contributed by atoms with Crippen molar-refractivity contribution >= 4 is 0 Å². The Hall–Kier alpha value is -1.75. The molecule has 0 aliphatic heterocycles. The molecule has 0 aliphatic carbocycles. The van der Waals surface area contributed by atoms with E-state index in [9.17, 15) is 0 Å². The third kappa shape index (κ3) is 1.87. The molecule has 15 heavy (non-hydrogen) atoms. The highest BCUT2D eigenvalue weighted by atomic mass is 15.2. The largest absolute Gasteiger partial charge is 0.322 e. The summed E-state index contributed by atoms with van der Waals surface area (Å²) >= 11 is 0. The van der Waals surface area contributed by atoms with Gasteiger partial charge in [0.25, 0.3) is 0 Å². The van der Waals surface area contributed by atoms with Gasteiger partial charge in [0.15, 0.2) is 5.82 Å². The fourth-order valence-corrected chi connectivity index (χ4v) is 1.30. The summed E-state index contributed by atoms with van der Waals surface area (Å²) in [7, 11) is 0. The van der Waals surface area contributed by atoms with Crippen LogP contribution in [0.4, 0.5) is 0 Å². The van der Waals surface area contributed by atoms with Gasteiger partial charge in [0.2, 0.25) is 0 Å². The molecule has 0 aliphatic rings. The van der Waals surface area contributed by atoms with Crippen molar-refractivity contribution in [1.29, 1.82) is 0 Å². The first-order valence-corrected chi connectivity index (χ1v) is 4.77. The smallest absolute Gasteiger partial charge is 0.183 e. The summed E-state index contributed by atoms with van der Waals surface area (Å²) in [6.07, 6.45) is 3.50. The Balaban J connectivity index is 2.42. The van der Waals surface area contributed by atoms with E-state index in [0.29, 0.717) is 11.6 Å². The first-order valence-electron chi connectivity index (χ1n) is 4.77. The van der Waals surface area contributed by atoms with E-state index >= 15 is 0 Å². The number of nitrogens with zero attached hydrogens (tertiary/aromatic N) is 3. The molecule has 0 bridgehead atoms. The summed E-state index contributed by atoms with van der Waals surface area (Å²) in [5, 5.41) is 6.93. The van der Waals surface area contributed by atoms with Crippen molar-refractivity contribution in [2.45, 2.75) is 19.9 Å². The molecule has 0 spiro atoms. The fourth-order valence-electron chi connectivity index (χ4n) is 1.30. The molecule has 2 rings (SSSR count). The molecule has 3 N–H and O–H groups in total. The lowest BCUT2D eigenvalue weighted by atomic mass is 10.1. The Labute approximate surface area is 87.8 Å². The maximum atomic E-state index is 5.69. The van der Waals surface area contributed by atoms with Gasteiger partial charge in [-0.05, 0) is 25.5 Å². The Kier molecular flexibility index (Phi) is 2.47. The topological polar surface area (TPSA) is 80.5 Å². The lowest BCUT2D eigenvalue weighted by Gasteiger charge is -1.99. The second-order valence-electron chi connectivity index (χ2n) is 3.52. The molecule has 2 aromatic rings. The molecule has 1 unspecified atom stereocenters. The molecule has 78 valence electrons. The van der Waals surface area contributed by atoms with Crippen LogP contribution in [-0.2, 0) is 0 Å². The number of hydrogen-bond donors (Lipinski definition) is 2. The third-order valence-electron chi connectivity index (χ3n) is 2.21. The van der Waals surface area contributed by atoms with Crippen LogP contribution in [0.5, 0.6) is 0 Å². The minimum Gasteiger partial charge on any atom is -0.322 e. The van der Waals surface area contributed by atoms with Gasteiger partial charge in [0, 0.05) is 18.0 Å². The van der Waals surface area contributed by atoms with Gasteiger partial charge < -0.3 is 5.73 Å². The first-order chi connectivity index (χ1) is 7.18. The molecular weight excluding hydrogens is 190 g/mol. The lowest BCUT2D eigenvalue weighted by molar-refractivity contribution is 0.745. The molecular formula is C10H13N5. The average molecular weight is 203 g/mol. The minimum absolute atomic E-state index is 0.136. The Morgan fingerprint density at radius 3 is 2.87 bits per heavy atom. The molecule has 0 amide bonds. The molecule has 0 fully saturated rings. The van der Waals surface area contributed by atoms with Crippen LogP contribution in [-0.4, -0.2) is 20.2 Å². The van der Waals surface area contributed by atoms with Gasteiger partial charge in [-0.2, -0.15) is 5.10 Å². The predicted molar refractivity (Wildman–Crippen MR) is 57.0 cm³/mol. The van der Waals surface area contributed by atoms with Gasteiger partial charge in [-0.3, -0.25) is 10.1 Å². The number of nitrogens with one attached hydrogen (secondary N) is 1. The van der Waals surface area contributed by atoms with Gasteiger partial charge in [-0.1, -0.05) is 0 Å². The SMILES string of the molecule is Cc1ccncc1-c1n[nH]c(C(C)N)n1. The van der Waals surface area contributed by atoms with Crippen LogP contribution < -0.4 is 5.73 Å². The molecule has 2 heterocycles. The number of rotatable bonds is 2. The average Bonchev–Trinajstić information content (AvgIpc) is 2.67. The number of aromatic nitrogens is 4. The Morgan fingerprint density at radius 2 is 2.27 bits per heavy atom. The number of aromatic amines is 1. The van der Waals surface area contributed by atoms with E-state index in [1.165, 1.54) is 0 Å². The zero-order chi connectivity index (χ0) is 10.8. The van der Waals surface area contributed by atoms with E-state index in [-0.39, 0.29) is 6.04 Å². The van der Waals surface area contributed by atoms with E-state index < -0.39 is 0 Å². The Morgan fingerprint density at radius 1 is 1.47 bits per heavy atom. The lowest BCUT2D eigenvalue weighted by Crippen LogP contribution is -2.06. The van der Waals surface area contributed by atoms with E-state index in [2.05, 4.69) is 20.2 Å². The van der Waals surface area contributed by atoms with Crippen molar-refractivity contribution in [3.05, 3.63) is 29.8 Å². The van der Waals surface area contributed by atoms with Crippen LogP contribution in [0, 0.1) is 6.92 Å². The second kappa shape index (κ2) is 3.78. The third-order valence-corrected chi connectivity index (χ3v) is 2.21. The van der Waals surface area contributed by atoms with Crippen LogP contribution in [0.3, 0.4) is 0 Å². The van der Waals surface area contributed by atoms with Crippen LogP contribution in [0.2, 0.25) is 0 Å². The van der Waals surface area contributed by atoms with Crippen molar-refractivity contribution < 1.29 is 0 Å². The fraction of sp³-hybridized carbons (Fsp3) is 0.300. The van der Waals surface area contributed by atoms with Crippen molar-refractivity contribution in [1.82, 2.24) is 20.2 Å². The molecule has 0 saturated heterocycles. The molecule has 0 radical (unpaired) electrons. The van der Waals surface area contributed by atoms with Crippen molar-refractivity contribution in [3.63, 3.8) is 0 Å². The van der Waals surface area contributed by atoms with Crippen LogP contribution in [0.15, 0.2) is 18.5 Å². The molecule has 2 aromatic heterocycles. The first kappa shape index (κ1) is 9.79. The van der Waals surface area contributed by atoms with E-state index in [0.717, 1.165) is 11.1 Å². The maximum Gasteiger partial charge on any atom is 0.183 e. The van der Waals surface area contributed by atoms with Crippen molar-refractivity contribution in [3.8, 4) is 11.4 Å². The molecule has 5 heteroatoms. The van der Waals surface area contributed by atoms with Crippen molar-refractivity contribution in [2.24, 2.45) is 5.73 Å². The summed E-state index contributed by atoms with van der Waals surface area (Å²) in [6, 6.07) is 1.79. The van der Waals surface area contributed by atoms with Gasteiger partial charge in [0.05, 0.1) is 6.04 Å². The quantitative estimate of drug-likeness (QED) is 0.768. The summed E-state index contributed by atoms with van der Waals surface area (Å²) in [4.78, 5) is 8.36. The number of pyridine rings is 1. The summed E-state index contributed by atoms with van der Waals surface area (Å²) in [6.45, 7) is 3.86. The molecule has 0 aromatic carbocycles. The minimum atomic E-state index is -0.136. The summed E-state index contributed by atoms with van der Waals surface area (Å²) in [5.41, 5.74) is 7.72. The van der Waals surface area contributed by atoms with Gasteiger partial charge in [-0.15, -0.1) is 0 Å². The zero-order valence-electron chi connectivity index (χ0n) is 8.73. The number of nitrogens with two attached hydrogens (primary N) is 1. The van der Waals surface area contributed by atoms with Gasteiger partial charge in [0.1, 0.15) is 5.82 Å². The van der Waals surface area contributed by atoms with Crippen molar-refractivity contribution in [2.75, 3.05) is 0 Å². The number of hydrogen-bond acceptors (Lipinski definition) is 4. The standard InChI is InChI=1S/C10H13N5/c1-6-3-4-12-5-8(6)10-13-9(7(2)11)14-15-10/h3-5,7H,11H2,1-2H3,(H,13,14,15). The van der Waals surface area contributed by atoms with E-state index in [1.54, 1.807) is 12.4 Å². The number of H-pyrrole nitrogens is 1. The van der Waals surface area contributed by atoms with Crippen LogP contribution >= 0.6 is 0 Å². The highest BCUT2D eigenvalue weighted by Crippen LogP contribution is 2.18. The monoisotopic (exact) mass is 203 g/mol. The maximum absolute atomic E-state index is 5.69. The van der Waals surface area contributed by atoms with E-state index in [4.69, 9.17) is 5.73 Å². The molecule has 0 saturated carbocycles. The van der Waals surface area contributed by atoms with E-state index in [1.807, 2.05) is 19.9 Å².